The van der Waals surface area contributed by atoms with Gasteiger partial charge in [0, 0.05) is 13.1 Å². The molecule has 0 bridgehead atoms. The van der Waals surface area contributed by atoms with Gasteiger partial charge in [0.05, 0.1) is 0 Å². The Labute approximate surface area is 97.8 Å². The topological polar surface area (TPSA) is 20.3 Å². The van der Waals surface area contributed by atoms with Crippen molar-refractivity contribution < 1.29 is 4.79 Å². The van der Waals surface area contributed by atoms with Gasteiger partial charge in [-0.05, 0) is 29.9 Å². The van der Waals surface area contributed by atoms with Crippen molar-refractivity contribution in [2.75, 3.05) is 18.8 Å². The maximum atomic E-state index is 11.8. The Morgan fingerprint density at radius 1 is 1.53 bits per heavy atom. The Morgan fingerprint density at radius 2 is 2.20 bits per heavy atom. The molecule has 1 aliphatic rings. The van der Waals surface area contributed by atoms with Crippen molar-refractivity contribution in [1.29, 1.82) is 0 Å². The van der Waals surface area contributed by atoms with Crippen LogP contribution >= 0.6 is 11.8 Å². The highest BCUT2D eigenvalue weighted by Crippen LogP contribution is 2.32. The first-order chi connectivity index (χ1) is 6.94. The summed E-state index contributed by atoms with van der Waals surface area (Å²) in [6.07, 6.45) is 2.38. The molecule has 1 heterocycles. The van der Waals surface area contributed by atoms with E-state index in [1.54, 1.807) is 0 Å². The lowest BCUT2D eigenvalue weighted by molar-refractivity contribution is 0.196. The minimum atomic E-state index is 0.264. The summed E-state index contributed by atoms with van der Waals surface area (Å²) in [7, 11) is 0. The van der Waals surface area contributed by atoms with Gasteiger partial charge >= 0.3 is 0 Å². The summed E-state index contributed by atoms with van der Waals surface area (Å²) in [6, 6.07) is 0. The van der Waals surface area contributed by atoms with E-state index in [1.165, 1.54) is 18.2 Å². The number of likely N-dealkylation sites (tertiary alicyclic amines) is 1. The molecule has 1 atom stereocenters. The quantitative estimate of drug-likeness (QED) is 0.684. The van der Waals surface area contributed by atoms with Gasteiger partial charge in [-0.15, -0.1) is 0 Å². The van der Waals surface area contributed by atoms with Crippen LogP contribution in [0.2, 0.25) is 0 Å². The Hall–Kier alpha value is -0.180. The summed E-state index contributed by atoms with van der Waals surface area (Å²) in [5.41, 5.74) is 0.278. The minimum absolute atomic E-state index is 0.264. The third-order valence-electron chi connectivity index (χ3n) is 2.94. The second kappa shape index (κ2) is 5.24. The van der Waals surface area contributed by atoms with E-state index >= 15 is 0 Å². The molecule has 2 nitrogen and oxygen atoms in total. The van der Waals surface area contributed by atoms with Gasteiger partial charge in [0.25, 0.3) is 5.24 Å². The Balaban J connectivity index is 2.62. The van der Waals surface area contributed by atoms with Gasteiger partial charge in [0.2, 0.25) is 0 Å². The molecule has 0 spiro atoms. The maximum absolute atomic E-state index is 11.8. The number of amides is 1. The van der Waals surface area contributed by atoms with Crippen LogP contribution in [0.15, 0.2) is 0 Å². The molecule has 1 unspecified atom stereocenters. The number of carbonyl (C=O) groups is 1. The molecule has 0 aromatic carbocycles. The van der Waals surface area contributed by atoms with Gasteiger partial charge in [-0.3, -0.25) is 4.79 Å². The summed E-state index contributed by atoms with van der Waals surface area (Å²) >= 11 is 1.44. The van der Waals surface area contributed by atoms with Crippen molar-refractivity contribution in [1.82, 2.24) is 4.90 Å². The van der Waals surface area contributed by atoms with Crippen LogP contribution in [-0.4, -0.2) is 29.0 Å². The lowest BCUT2D eigenvalue weighted by Crippen LogP contribution is -2.35. The van der Waals surface area contributed by atoms with E-state index in [4.69, 9.17) is 0 Å². The van der Waals surface area contributed by atoms with E-state index in [-0.39, 0.29) is 10.7 Å². The van der Waals surface area contributed by atoms with Gasteiger partial charge in [0.1, 0.15) is 0 Å². The van der Waals surface area contributed by atoms with E-state index in [1.807, 2.05) is 11.8 Å². The zero-order valence-corrected chi connectivity index (χ0v) is 11.2. The van der Waals surface area contributed by atoms with E-state index in [0.29, 0.717) is 0 Å². The smallest absolute Gasteiger partial charge is 0.281 e. The van der Waals surface area contributed by atoms with Crippen LogP contribution in [0.3, 0.4) is 0 Å². The van der Waals surface area contributed by atoms with Crippen molar-refractivity contribution in [3.63, 3.8) is 0 Å². The molecule has 1 amide bonds. The molecule has 0 N–H and O–H groups in total. The average Bonchev–Trinajstić information content (AvgIpc) is 2.23. The van der Waals surface area contributed by atoms with Crippen LogP contribution in [0.4, 0.5) is 4.79 Å². The maximum Gasteiger partial charge on any atom is 0.281 e. The predicted octanol–water partition coefficient (Wildman–Crippen LogP) is 3.62. The number of hydrogen-bond acceptors (Lipinski definition) is 2. The third-order valence-corrected chi connectivity index (χ3v) is 3.73. The fraction of sp³-hybridized carbons (Fsp3) is 0.917. The van der Waals surface area contributed by atoms with Crippen LogP contribution in [-0.2, 0) is 0 Å². The van der Waals surface area contributed by atoms with Crippen molar-refractivity contribution in [3.05, 3.63) is 0 Å². The molecule has 15 heavy (non-hydrogen) atoms. The zero-order chi connectivity index (χ0) is 11.5. The monoisotopic (exact) mass is 229 g/mol. The number of rotatable bonds is 1. The Morgan fingerprint density at radius 3 is 2.80 bits per heavy atom. The second-order valence-electron chi connectivity index (χ2n) is 5.38. The molecule has 1 fully saturated rings. The van der Waals surface area contributed by atoms with Crippen molar-refractivity contribution in [2.45, 2.75) is 40.5 Å². The summed E-state index contributed by atoms with van der Waals surface area (Å²) in [4.78, 5) is 13.9. The fourth-order valence-electron chi connectivity index (χ4n) is 2.45. The third kappa shape index (κ3) is 4.06. The molecule has 1 saturated heterocycles. The van der Waals surface area contributed by atoms with Crippen molar-refractivity contribution in [3.8, 4) is 0 Å². The molecular formula is C12H23NOS. The summed E-state index contributed by atoms with van der Waals surface area (Å²) in [5, 5.41) is 0.264. The molecule has 1 aliphatic heterocycles. The lowest BCUT2D eigenvalue weighted by atomic mass is 9.83. The van der Waals surface area contributed by atoms with Crippen molar-refractivity contribution >= 4 is 17.0 Å². The van der Waals surface area contributed by atoms with Gasteiger partial charge in [-0.25, -0.2) is 0 Å². The van der Waals surface area contributed by atoms with Crippen LogP contribution in [0.25, 0.3) is 0 Å². The summed E-state index contributed by atoms with van der Waals surface area (Å²) in [5.74, 6) is 1.62. The number of hydrogen-bond donors (Lipinski definition) is 0. The predicted molar refractivity (Wildman–Crippen MR) is 67.3 cm³/mol. The molecule has 0 aliphatic carbocycles. The first kappa shape index (κ1) is 12.9. The first-order valence-corrected chi connectivity index (χ1v) is 6.85. The van der Waals surface area contributed by atoms with Gasteiger partial charge in [0.15, 0.2) is 0 Å². The first-order valence-electron chi connectivity index (χ1n) is 5.86. The highest BCUT2D eigenvalue weighted by Gasteiger charge is 2.30. The summed E-state index contributed by atoms with van der Waals surface area (Å²) in [6.45, 7) is 10.7. The molecular weight excluding hydrogens is 206 g/mol. The standard InChI is InChI=1S/C12H23NOS/c1-5-15-11(14)13-7-6-10(2)8-12(3,4)9-13/h10H,5-9H2,1-4H3. The Kier molecular flexibility index (Phi) is 4.50. The number of nitrogens with zero attached hydrogens (tertiary/aromatic N) is 1. The molecule has 1 rings (SSSR count). The highest BCUT2D eigenvalue weighted by atomic mass is 32.2. The summed E-state index contributed by atoms with van der Waals surface area (Å²) < 4.78 is 0. The zero-order valence-electron chi connectivity index (χ0n) is 10.4. The van der Waals surface area contributed by atoms with Gasteiger partial charge < -0.3 is 4.90 Å². The molecule has 0 aromatic rings. The SMILES string of the molecule is CCSC(=O)N1CCC(C)CC(C)(C)C1. The molecule has 3 heteroatoms. The van der Waals surface area contributed by atoms with Crippen LogP contribution in [0.5, 0.6) is 0 Å². The molecule has 0 aromatic heterocycles. The van der Waals surface area contributed by atoms with Crippen LogP contribution < -0.4 is 0 Å². The van der Waals surface area contributed by atoms with Crippen molar-refractivity contribution in [2.24, 2.45) is 11.3 Å². The van der Waals surface area contributed by atoms with E-state index in [0.717, 1.165) is 31.2 Å². The van der Waals surface area contributed by atoms with E-state index in [2.05, 4.69) is 20.8 Å². The number of thioether (sulfide) groups is 1. The number of carbonyl (C=O) groups excluding carboxylic acids is 1. The largest absolute Gasteiger partial charge is 0.333 e. The molecule has 0 radical (unpaired) electrons. The van der Waals surface area contributed by atoms with E-state index in [9.17, 15) is 4.79 Å². The normalized spacial score (nSPS) is 26.1. The second-order valence-corrected chi connectivity index (χ2v) is 6.60. The average molecular weight is 229 g/mol. The van der Waals surface area contributed by atoms with E-state index < -0.39 is 0 Å². The molecule has 88 valence electrons. The van der Waals surface area contributed by atoms with Gasteiger partial charge in [-0.2, -0.15) is 0 Å². The Bertz CT molecular complexity index is 228. The van der Waals surface area contributed by atoms with Crippen LogP contribution in [0, 0.1) is 11.3 Å². The molecule has 0 saturated carbocycles. The van der Waals surface area contributed by atoms with Crippen LogP contribution in [0.1, 0.15) is 40.5 Å². The minimum Gasteiger partial charge on any atom is -0.333 e. The fourth-order valence-corrected chi connectivity index (χ4v) is 3.04. The van der Waals surface area contributed by atoms with Gasteiger partial charge in [-0.1, -0.05) is 39.5 Å². The highest BCUT2D eigenvalue weighted by molar-refractivity contribution is 8.13. The lowest BCUT2D eigenvalue weighted by Gasteiger charge is -2.29.